The number of nitrogens with one attached hydrogen (secondary N) is 2. The number of nitrogens with zero attached hydrogens (tertiary/aromatic N) is 3. The summed E-state index contributed by atoms with van der Waals surface area (Å²) in [4.78, 5) is 7.19. The molecule has 1 aromatic heterocycles. The van der Waals surface area contributed by atoms with E-state index in [0.29, 0.717) is 12.5 Å². The fraction of sp³-hybridized carbons (Fsp3) is 0.565. The van der Waals surface area contributed by atoms with Crippen molar-refractivity contribution in [1.29, 1.82) is 0 Å². The summed E-state index contributed by atoms with van der Waals surface area (Å²) in [7, 11) is 0. The number of hydrogen-bond acceptors (Lipinski definition) is 5. The number of ether oxygens (including phenoxy) is 1. The standard InChI is InChI=1S/C23H35N5O2.HI/c1-5-24-23(25-15-20-14-21(17(2)3)27-30-20)26-16-22(28-9-11-29-12-10-28)19-8-6-7-18(4)13-19;/h6-8,13-14,17,22H,5,9-12,15-16H2,1-4H3,(H2,24,25,26);1H. The quantitative estimate of drug-likeness (QED) is 0.301. The monoisotopic (exact) mass is 541 g/mol. The first-order valence-corrected chi connectivity index (χ1v) is 10.9. The Morgan fingerprint density at radius 2 is 1.97 bits per heavy atom. The first kappa shape index (κ1) is 25.6. The Morgan fingerprint density at radius 1 is 1.19 bits per heavy atom. The van der Waals surface area contributed by atoms with Crippen LogP contribution in [0.25, 0.3) is 0 Å². The third-order valence-electron chi connectivity index (χ3n) is 5.28. The summed E-state index contributed by atoms with van der Waals surface area (Å²) in [6.07, 6.45) is 0. The number of benzene rings is 1. The minimum Gasteiger partial charge on any atom is -0.379 e. The third-order valence-corrected chi connectivity index (χ3v) is 5.28. The lowest BCUT2D eigenvalue weighted by molar-refractivity contribution is 0.0170. The Morgan fingerprint density at radius 3 is 2.61 bits per heavy atom. The smallest absolute Gasteiger partial charge is 0.191 e. The van der Waals surface area contributed by atoms with E-state index in [4.69, 9.17) is 14.3 Å². The van der Waals surface area contributed by atoms with Gasteiger partial charge < -0.3 is 19.9 Å². The lowest BCUT2D eigenvalue weighted by atomic mass is 10.0. The predicted octanol–water partition coefficient (Wildman–Crippen LogP) is 3.85. The number of halogens is 1. The Kier molecular flexibility index (Phi) is 10.8. The summed E-state index contributed by atoms with van der Waals surface area (Å²) >= 11 is 0. The summed E-state index contributed by atoms with van der Waals surface area (Å²) in [5.41, 5.74) is 3.56. The molecule has 1 aliphatic heterocycles. The van der Waals surface area contributed by atoms with E-state index in [1.54, 1.807) is 0 Å². The van der Waals surface area contributed by atoms with Gasteiger partial charge in [0.2, 0.25) is 0 Å². The van der Waals surface area contributed by atoms with Gasteiger partial charge in [-0.1, -0.05) is 48.8 Å². The summed E-state index contributed by atoms with van der Waals surface area (Å²) in [6.45, 7) is 13.9. The molecule has 0 saturated carbocycles. The maximum absolute atomic E-state index is 5.57. The maximum Gasteiger partial charge on any atom is 0.191 e. The zero-order valence-corrected chi connectivity index (χ0v) is 21.4. The van der Waals surface area contributed by atoms with Crippen molar-refractivity contribution < 1.29 is 9.26 Å². The zero-order valence-electron chi connectivity index (χ0n) is 19.1. The van der Waals surface area contributed by atoms with Crippen molar-refractivity contribution in [3.63, 3.8) is 0 Å². The molecule has 0 spiro atoms. The summed E-state index contributed by atoms with van der Waals surface area (Å²) in [6, 6.07) is 11.0. The number of hydrogen-bond donors (Lipinski definition) is 2. The van der Waals surface area contributed by atoms with Crippen molar-refractivity contribution in [3.05, 3.63) is 52.9 Å². The first-order valence-electron chi connectivity index (χ1n) is 10.9. The van der Waals surface area contributed by atoms with Crippen LogP contribution in [0.3, 0.4) is 0 Å². The average Bonchev–Trinajstić information content (AvgIpc) is 3.22. The van der Waals surface area contributed by atoms with E-state index in [2.05, 4.69) is 72.7 Å². The molecule has 0 aliphatic carbocycles. The van der Waals surface area contributed by atoms with E-state index in [1.807, 2.05) is 6.07 Å². The molecule has 2 heterocycles. The van der Waals surface area contributed by atoms with Gasteiger partial charge in [0, 0.05) is 32.2 Å². The van der Waals surface area contributed by atoms with Crippen LogP contribution in [0.2, 0.25) is 0 Å². The predicted molar refractivity (Wildman–Crippen MR) is 135 cm³/mol. The largest absolute Gasteiger partial charge is 0.379 e. The molecule has 1 fully saturated rings. The molecule has 172 valence electrons. The molecule has 0 amide bonds. The van der Waals surface area contributed by atoms with Gasteiger partial charge in [-0.15, -0.1) is 24.0 Å². The molecule has 31 heavy (non-hydrogen) atoms. The summed E-state index contributed by atoms with van der Waals surface area (Å²) in [5, 5.41) is 11.0. The van der Waals surface area contributed by atoms with Crippen LogP contribution in [0.5, 0.6) is 0 Å². The minimum absolute atomic E-state index is 0. The molecule has 1 aliphatic rings. The van der Waals surface area contributed by atoms with Gasteiger partial charge in [-0.25, -0.2) is 4.99 Å². The molecule has 1 saturated heterocycles. The maximum atomic E-state index is 5.57. The highest BCUT2D eigenvalue weighted by Gasteiger charge is 2.23. The van der Waals surface area contributed by atoms with Crippen LogP contribution >= 0.6 is 24.0 Å². The van der Waals surface area contributed by atoms with Gasteiger partial charge in [-0.3, -0.25) is 4.90 Å². The normalized spacial score (nSPS) is 16.1. The van der Waals surface area contributed by atoms with Crippen LogP contribution in [-0.2, 0) is 11.3 Å². The highest BCUT2D eigenvalue weighted by Crippen LogP contribution is 2.22. The summed E-state index contributed by atoms with van der Waals surface area (Å²) in [5.74, 6) is 1.91. The third kappa shape index (κ3) is 7.76. The second-order valence-corrected chi connectivity index (χ2v) is 8.03. The van der Waals surface area contributed by atoms with E-state index < -0.39 is 0 Å². The molecular formula is C23H36IN5O2. The molecule has 7 nitrogen and oxygen atoms in total. The van der Waals surface area contributed by atoms with Crippen molar-refractivity contribution >= 4 is 29.9 Å². The van der Waals surface area contributed by atoms with Crippen LogP contribution in [0.4, 0.5) is 0 Å². The van der Waals surface area contributed by atoms with Gasteiger partial charge in [0.1, 0.15) is 6.54 Å². The first-order chi connectivity index (χ1) is 14.6. The van der Waals surface area contributed by atoms with Gasteiger partial charge in [-0.05, 0) is 25.3 Å². The van der Waals surface area contributed by atoms with Crippen LogP contribution in [0, 0.1) is 6.92 Å². The molecule has 3 rings (SSSR count). The minimum atomic E-state index is 0. The van der Waals surface area contributed by atoms with Gasteiger partial charge in [0.25, 0.3) is 0 Å². The number of aliphatic imine (C=N–C) groups is 1. The average molecular weight is 541 g/mol. The second kappa shape index (κ2) is 13.0. The summed E-state index contributed by atoms with van der Waals surface area (Å²) < 4.78 is 11.0. The Labute approximate surface area is 203 Å². The second-order valence-electron chi connectivity index (χ2n) is 8.03. The molecule has 2 N–H and O–H groups in total. The molecule has 1 aromatic carbocycles. The Hall–Kier alpha value is -1.65. The van der Waals surface area contributed by atoms with Crippen molar-refractivity contribution in [3.8, 4) is 0 Å². The fourth-order valence-electron chi connectivity index (χ4n) is 3.59. The van der Waals surface area contributed by atoms with Gasteiger partial charge in [0.05, 0.1) is 24.9 Å². The Bertz CT molecular complexity index is 818. The number of aromatic nitrogens is 1. The van der Waals surface area contributed by atoms with Crippen LogP contribution in [-0.4, -0.2) is 55.4 Å². The molecule has 0 radical (unpaired) electrons. The topological polar surface area (TPSA) is 74.9 Å². The van der Waals surface area contributed by atoms with Crippen molar-refractivity contribution in [2.24, 2.45) is 4.99 Å². The van der Waals surface area contributed by atoms with E-state index in [0.717, 1.165) is 56.8 Å². The molecule has 2 aromatic rings. The molecule has 1 unspecified atom stereocenters. The molecule has 1 atom stereocenters. The highest BCUT2D eigenvalue weighted by molar-refractivity contribution is 14.0. The highest BCUT2D eigenvalue weighted by atomic mass is 127. The SMILES string of the molecule is CCNC(=NCc1cc(C(C)C)no1)NCC(c1cccc(C)c1)N1CCOCC1.I. The van der Waals surface area contributed by atoms with Crippen molar-refractivity contribution in [2.45, 2.75) is 46.2 Å². The van der Waals surface area contributed by atoms with Crippen LogP contribution in [0.1, 0.15) is 55.3 Å². The van der Waals surface area contributed by atoms with Gasteiger partial charge >= 0.3 is 0 Å². The number of guanidine groups is 1. The van der Waals surface area contributed by atoms with Gasteiger partial charge in [-0.2, -0.15) is 0 Å². The van der Waals surface area contributed by atoms with Crippen molar-refractivity contribution in [1.82, 2.24) is 20.7 Å². The zero-order chi connectivity index (χ0) is 21.3. The van der Waals surface area contributed by atoms with Crippen molar-refractivity contribution in [2.75, 3.05) is 39.4 Å². The number of rotatable bonds is 8. The van der Waals surface area contributed by atoms with Gasteiger partial charge in [0.15, 0.2) is 11.7 Å². The van der Waals surface area contributed by atoms with E-state index in [1.165, 1.54) is 11.1 Å². The lowest BCUT2D eigenvalue weighted by Gasteiger charge is -2.35. The molecule has 8 heteroatoms. The lowest BCUT2D eigenvalue weighted by Crippen LogP contribution is -2.46. The number of aryl methyl sites for hydroxylation is 1. The number of morpholine rings is 1. The van der Waals surface area contributed by atoms with E-state index in [-0.39, 0.29) is 30.0 Å². The van der Waals surface area contributed by atoms with E-state index in [9.17, 15) is 0 Å². The molecule has 0 bridgehead atoms. The molecular weight excluding hydrogens is 505 g/mol. The van der Waals surface area contributed by atoms with Crippen LogP contribution in [0.15, 0.2) is 39.8 Å². The fourth-order valence-corrected chi connectivity index (χ4v) is 3.59. The van der Waals surface area contributed by atoms with Crippen LogP contribution < -0.4 is 10.6 Å². The van der Waals surface area contributed by atoms with E-state index >= 15 is 0 Å². The Balaban J connectivity index is 0.00000341.